The molecule has 4 rings (SSSR count). The number of amides is 1. The third-order valence-corrected chi connectivity index (χ3v) is 7.08. The Morgan fingerprint density at radius 2 is 1.97 bits per heavy atom. The van der Waals surface area contributed by atoms with Gasteiger partial charge in [0.2, 0.25) is 5.91 Å². The Balaban J connectivity index is 1.60. The standard InChI is InChI=1S/C24H26FN5O4S/c1-15(23(31)26-20-14-17(30(32)33)12-13-21(20)34-2)35-24-28-27-22(18-10-6-7-11-19(18)25)29(24)16-8-4-3-5-9-16/h6-7,10-16H,3-5,8-9H2,1-2H3,(H,26,31). The van der Waals surface area contributed by atoms with Crippen molar-refractivity contribution in [3.8, 4) is 17.1 Å². The maximum absolute atomic E-state index is 14.6. The number of anilines is 1. The van der Waals surface area contributed by atoms with Gasteiger partial charge in [-0.1, -0.05) is 43.2 Å². The van der Waals surface area contributed by atoms with Crippen molar-refractivity contribution in [1.82, 2.24) is 14.8 Å². The molecule has 1 aliphatic rings. The Hall–Kier alpha value is -3.47. The molecule has 2 aromatic carbocycles. The van der Waals surface area contributed by atoms with Crippen LogP contribution in [0.5, 0.6) is 5.75 Å². The molecule has 1 saturated carbocycles. The lowest BCUT2D eigenvalue weighted by Crippen LogP contribution is -2.24. The number of nitro groups is 1. The molecule has 0 radical (unpaired) electrons. The minimum atomic E-state index is -0.612. The number of carbonyl (C=O) groups excluding carboxylic acids is 1. The summed E-state index contributed by atoms with van der Waals surface area (Å²) in [7, 11) is 1.42. The summed E-state index contributed by atoms with van der Waals surface area (Å²) in [6, 6.07) is 10.6. The highest BCUT2D eigenvalue weighted by molar-refractivity contribution is 8.00. The highest BCUT2D eigenvalue weighted by atomic mass is 32.2. The predicted octanol–water partition coefficient (Wildman–Crippen LogP) is 5.63. The first-order valence-electron chi connectivity index (χ1n) is 11.4. The predicted molar refractivity (Wildman–Crippen MR) is 131 cm³/mol. The zero-order valence-corrected chi connectivity index (χ0v) is 20.3. The second kappa shape index (κ2) is 10.9. The zero-order valence-electron chi connectivity index (χ0n) is 19.4. The van der Waals surface area contributed by atoms with Crippen LogP contribution in [0.4, 0.5) is 15.8 Å². The van der Waals surface area contributed by atoms with Crippen LogP contribution in [0.3, 0.4) is 0 Å². The maximum Gasteiger partial charge on any atom is 0.271 e. The van der Waals surface area contributed by atoms with Crippen LogP contribution >= 0.6 is 11.8 Å². The van der Waals surface area contributed by atoms with Crippen molar-refractivity contribution in [3.05, 3.63) is 58.4 Å². The van der Waals surface area contributed by atoms with Gasteiger partial charge in [0, 0.05) is 18.2 Å². The molecule has 0 bridgehead atoms. The Morgan fingerprint density at radius 1 is 1.23 bits per heavy atom. The number of methoxy groups -OCH3 is 1. The van der Waals surface area contributed by atoms with E-state index in [-0.39, 0.29) is 29.1 Å². The fraction of sp³-hybridized carbons (Fsp3) is 0.375. The minimum Gasteiger partial charge on any atom is -0.495 e. The summed E-state index contributed by atoms with van der Waals surface area (Å²) in [6.45, 7) is 1.71. The molecule has 11 heteroatoms. The van der Waals surface area contributed by atoms with Crippen LogP contribution in [-0.2, 0) is 4.79 Å². The number of nitrogens with zero attached hydrogens (tertiary/aromatic N) is 4. The van der Waals surface area contributed by atoms with Crippen molar-refractivity contribution in [2.45, 2.75) is 55.5 Å². The Morgan fingerprint density at radius 3 is 2.66 bits per heavy atom. The number of halogens is 1. The second-order valence-corrected chi connectivity index (χ2v) is 9.65. The quantitative estimate of drug-likeness (QED) is 0.243. The van der Waals surface area contributed by atoms with Gasteiger partial charge in [0.15, 0.2) is 11.0 Å². The molecular weight excluding hydrogens is 473 g/mol. The lowest BCUT2D eigenvalue weighted by molar-refractivity contribution is -0.384. The zero-order chi connectivity index (χ0) is 24.9. The second-order valence-electron chi connectivity index (χ2n) is 8.34. The van der Waals surface area contributed by atoms with Crippen molar-refractivity contribution in [2.24, 2.45) is 0 Å². The maximum atomic E-state index is 14.6. The molecule has 0 aliphatic heterocycles. The van der Waals surface area contributed by atoms with Crippen molar-refractivity contribution in [2.75, 3.05) is 12.4 Å². The van der Waals surface area contributed by atoms with Gasteiger partial charge >= 0.3 is 0 Å². The average molecular weight is 500 g/mol. The third kappa shape index (κ3) is 5.45. The van der Waals surface area contributed by atoms with Crippen LogP contribution < -0.4 is 10.1 Å². The molecule has 35 heavy (non-hydrogen) atoms. The number of nitro benzene ring substituents is 1. The molecule has 1 N–H and O–H groups in total. The van der Waals surface area contributed by atoms with Gasteiger partial charge in [-0.05, 0) is 38.0 Å². The first-order valence-corrected chi connectivity index (χ1v) is 12.3. The van der Waals surface area contributed by atoms with Crippen molar-refractivity contribution >= 4 is 29.0 Å². The number of nitrogens with one attached hydrogen (secondary N) is 1. The normalized spacial score (nSPS) is 14.9. The molecule has 1 aromatic heterocycles. The van der Waals surface area contributed by atoms with Crippen LogP contribution in [0.15, 0.2) is 47.6 Å². The summed E-state index contributed by atoms with van der Waals surface area (Å²) in [6.07, 6.45) is 5.13. The van der Waals surface area contributed by atoms with E-state index < -0.39 is 10.2 Å². The fourth-order valence-corrected chi connectivity index (χ4v) is 5.12. The van der Waals surface area contributed by atoms with Gasteiger partial charge < -0.3 is 10.1 Å². The van der Waals surface area contributed by atoms with E-state index in [1.165, 1.54) is 43.1 Å². The summed E-state index contributed by atoms with van der Waals surface area (Å²) in [5.74, 6) is 0.00956. The number of non-ortho nitro benzene ring substituents is 1. The van der Waals surface area contributed by atoms with Gasteiger partial charge in [-0.3, -0.25) is 19.5 Å². The Bertz CT molecular complexity index is 1230. The summed E-state index contributed by atoms with van der Waals surface area (Å²) in [4.78, 5) is 23.6. The van der Waals surface area contributed by atoms with Crippen LogP contribution in [0, 0.1) is 15.9 Å². The van der Waals surface area contributed by atoms with Gasteiger partial charge in [-0.25, -0.2) is 4.39 Å². The van der Waals surface area contributed by atoms with E-state index in [0.717, 1.165) is 32.1 Å². The summed E-state index contributed by atoms with van der Waals surface area (Å²) < 4.78 is 21.8. The molecule has 3 aromatic rings. The van der Waals surface area contributed by atoms with E-state index in [2.05, 4.69) is 15.5 Å². The Labute approximate surface area is 206 Å². The number of ether oxygens (including phenoxy) is 1. The van der Waals surface area contributed by atoms with E-state index >= 15 is 0 Å². The van der Waals surface area contributed by atoms with Crippen molar-refractivity contribution in [3.63, 3.8) is 0 Å². The van der Waals surface area contributed by atoms with E-state index in [0.29, 0.717) is 22.3 Å². The van der Waals surface area contributed by atoms with Gasteiger partial charge in [0.05, 0.1) is 28.5 Å². The number of carbonyl (C=O) groups is 1. The van der Waals surface area contributed by atoms with Gasteiger partial charge in [0.25, 0.3) is 5.69 Å². The summed E-state index contributed by atoms with van der Waals surface area (Å²) in [5.41, 5.74) is 0.420. The topological polar surface area (TPSA) is 112 Å². The molecule has 0 spiro atoms. The number of rotatable bonds is 8. The average Bonchev–Trinajstić information content (AvgIpc) is 3.27. The minimum absolute atomic E-state index is 0.114. The molecule has 1 unspecified atom stereocenters. The summed E-state index contributed by atoms with van der Waals surface area (Å²) in [5, 5.41) is 22.4. The molecule has 184 valence electrons. The molecule has 9 nitrogen and oxygen atoms in total. The monoisotopic (exact) mass is 499 g/mol. The van der Waals surface area contributed by atoms with Crippen LogP contribution in [0.25, 0.3) is 11.4 Å². The summed E-state index contributed by atoms with van der Waals surface area (Å²) >= 11 is 1.22. The number of hydrogen-bond acceptors (Lipinski definition) is 7. The van der Waals surface area contributed by atoms with E-state index in [4.69, 9.17) is 4.74 Å². The molecule has 1 heterocycles. The number of hydrogen-bond donors (Lipinski definition) is 1. The van der Waals surface area contributed by atoms with E-state index in [1.807, 2.05) is 4.57 Å². The first kappa shape index (κ1) is 24.6. The lowest BCUT2D eigenvalue weighted by atomic mass is 9.95. The van der Waals surface area contributed by atoms with Crippen LogP contribution in [-0.4, -0.2) is 38.0 Å². The highest BCUT2D eigenvalue weighted by Gasteiger charge is 2.28. The van der Waals surface area contributed by atoms with Crippen molar-refractivity contribution < 1.29 is 18.8 Å². The smallest absolute Gasteiger partial charge is 0.271 e. The molecule has 0 saturated heterocycles. The van der Waals surface area contributed by atoms with Crippen molar-refractivity contribution in [1.29, 1.82) is 0 Å². The molecule has 1 fully saturated rings. The van der Waals surface area contributed by atoms with Gasteiger partial charge in [-0.2, -0.15) is 0 Å². The highest BCUT2D eigenvalue weighted by Crippen LogP contribution is 2.37. The number of aromatic nitrogens is 3. The largest absolute Gasteiger partial charge is 0.495 e. The fourth-order valence-electron chi connectivity index (χ4n) is 4.21. The van der Waals surface area contributed by atoms with Gasteiger partial charge in [0.1, 0.15) is 11.6 Å². The lowest BCUT2D eigenvalue weighted by Gasteiger charge is -2.26. The molecule has 1 amide bonds. The molecule has 1 aliphatic carbocycles. The number of benzene rings is 2. The number of thioether (sulfide) groups is 1. The SMILES string of the molecule is COc1ccc([N+](=O)[O-])cc1NC(=O)C(C)Sc1nnc(-c2ccccc2F)n1C1CCCCC1. The van der Waals surface area contributed by atoms with Crippen LogP contribution in [0.1, 0.15) is 45.1 Å². The van der Waals surface area contributed by atoms with Gasteiger partial charge in [-0.15, -0.1) is 10.2 Å². The molecule has 1 atom stereocenters. The van der Waals surface area contributed by atoms with Crippen LogP contribution in [0.2, 0.25) is 0 Å². The van der Waals surface area contributed by atoms with E-state index in [9.17, 15) is 19.3 Å². The molecular formula is C24H26FN5O4S. The van der Waals surface area contributed by atoms with E-state index in [1.54, 1.807) is 25.1 Å². The third-order valence-electron chi connectivity index (χ3n) is 6.02. The first-order chi connectivity index (χ1) is 16.9. The Kier molecular flexibility index (Phi) is 7.64.